The number of benzene rings is 2. The number of H-pyrrole nitrogens is 1. The zero-order valence-corrected chi connectivity index (χ0v) is 13.3. The summed E-state index contributed by atoms with van der Waals surface area (Å²) in [5.74, 6) is -0.372. The highest BCUT2D eigenvalue weighted by atomic mass is 35.5. The van der Waals surface area contributed by atoms with E-state index in [-0.39, 0.29) is 6.61 Å². The first-order valence-electron chi connectivity index (χ1n) is 7.17. The topological polar surface area (TPSA) is 83.2 Å². The summed E-state index contributed by atoms with van der Waals surface area (Å²) in [6, 6.07) is 14.0. The summed E-state index contributed by atoms with van der Waals surface area (Å²) in [4.78, 5) is 26.9. The Morgan fingerprint density at radius 2 is 1.79 bits per heavy atom. The molecule has 1 heterocycles. The number of aromatic amines is 1. The number of aromatic nitrogens is 1. The Morgan fingerprint density at radius 1 is 1.04 bits per heavy atom. The molecule has 2 amide bonds. The van der Waals surface area contributed by atoms with Gasteiger partial charge in [-0.1, -0.05) is 29.8 Å². The first kappa shape index (κ1) is 15.9. The molecule has 1 aromatic heterocycles. The lowest BCUT2D eigenvalue weighted by atomic mass is 10.2. The van der Waals surface area contributed by atoms with Crippen LogP contribution in [-0.2, 0) is 4.79 Å². The van der Waals surface area contributed by atoms with Gasteiger partial charge in [0.25, 0.3) is 11.8 Å². The molecule has 122 valence electrons. The molecule has 3 N–H and O–H groups in total. The molecule has 0 bridgehead atoms. The second kappa shape index (κ2) is 7.06. The Labute approximate surface area is 142 Å². The minimum Gasteiger partial charge on any atom is -0.484 e. The fourth-order valence-corrected chi connectivity index (χ4v) is 2.29. The molecular formula is C17H14ClN3O3. The lowest BCUT2D eigenvalue weighted by Crippen LogP contribution is -2.43. The van der Waals surface area contributed by atoms with Gasteiger partial charge in [0.05, 0.1) is 5.56 Å². The number of carbonyl (C=O) groups excluding carboxylic acids is 2. The molecule has 0 aliphatic rings. The van der Waals surface area contributed by atoms with Crippen LogP contribution in [0.25, 0.3) is 10.9 Å². The van der Waals surface area contributed by atoms with Crippen molar-refractivity contribution in [3.63, 3.8) is 0 Å². The summed E-state index contributed by atoms with van der Waals surface area (Å²) in [7, 11) is 0. The molecule has 3 rings (SSSR count). The van der Waals surface area contributed by atoms with Crippen molar-refractivity contribution in [1.82, 2.24) is 15.8 Å². The van der Waals surface area contributed by atoms with Crippen molar-refractivity contribution < 1.29 is 14.3 Å². The van der Waals surface area contributed by atoms with Gasteiger partial charge in [0.2, 0.25) is 0 Å². The van der Waals surface area contributed by atoms with Crippen LogP contribution in [0.1, 0.15) is 10.4 Å². The summed E-state index contributed by atoms with van der Waals surface area (Å²) in [5.41, 5.74) is 5.97. The van der Waals surface area contributed by atoms with Crippen molar-refractivity contribution in [3.05, 3.63) is 65.3 Å². The van der Waals surface area contributed by atoms with Gasteiger partial charge in [0.1, 0.15) is 5.75 Å². The summed E-state index contributed by atoms with van der Waals surface area (Å²) in [5, 5.41) is 1.36. The van der Waals surface area contributed by atoms with Crippen LogP contribution in [0.2, 0.25) is 5.02 Å². The van der Waals surface area contributed by atoms with Crippen molar-refractivity contribution in [2.45, 2.75) is 0 Å². The predicted octanol–water partition coefficient (Wildman–Crippen LogP) is 2.66. The van der Waals surface area contributed by atoms with E-state index >= 15 is 0 Å². The summed E-state index contributed by atoms with van der Waals surface area (Å²) in [6.45, 7) is -0.226. The first-order valence-corrected chi connectivity index (χ1v) is 7.55. The van der Waals surface area contributed by atoms with Crippen LogP contribution in [0.3, 0.4) is 0 Å². The normalized spacial score (nSPS) is 10.4. The van der Waals surface area contributed by atoms with Crippen LogP contribution in [0.5, 0.6) is 5.75 Å². The van der Waals surface area contributed by atoms with E-state index in [2.05, 4.69) is 15.8 Å². The number of carbonyl (C=O) groups is 2. The molecular weight excluding hydrogens is 330 g/mol. The number of hydrogen-bond acceptors (Lipinski definition) is 3. The van der Waals surface area contributed by atoms with E-state index in [0.717, 1.165) is 10.9 Å². The molecule has 3 aromatic rings. The van der Waals surface area contributed by atoms with Crippen LogP contribution in [0, 0.1) is 0 Å². The molecule has 0 radical (unpaired) electrons. The molecule has 0 unspecified atom stereocenters. The van der Waals surface area contributed by atoms with Gasteiger partial charge in [0, 0.05) is 22.1 Å². The number of amides is 2. The first-order chi connectivity index (χ1) is 11.6. The van der Waals surface area contributed by atoms with Crippen molar-refractivity contribution >= 4 is 34.3 Å². The summed E-state index contributed by atoms with van der Waals surface area (Å²) >= 11 is 5.76. The van der Waals surface area contributed by atoms with Gasteiger partial charge in [0.15, 0.2) is 6.61 Å². The maximum Gasteiger partial charge on any atom is 0.276 e. The fourth-order valence-electron chi connectivity index (χ4n) is 2.17. The van der Waals surface area contributed by atoms with Crippen LogP contribution >= 0.6 is 11.6 Å². The molecule has 0 saturated carbocycles. The Bertz CT molecular complexity index is 874. The second-order valence-corrected chi connectivity index (χ2v) is 5.43. The van der Waals surface area contributed by atoms with Crippen molar-refractivity contribution in [2.75, 3.05) is 6.61 Å². The Morgan fingerprint density at radius 3 is 2.58 bits per heavy atom. The van der Waals surface area contributed by atoms with E-state index in [1.54, 1.807) is 30.5 Å². The zero-order chi connectivity index (χ0) is 16.9. The molecule has 0 aliphatic carbocycles. The molecule has 0 fully saturated rings. The monoisotopic (exact) mass is 343 g/mol. The molecule has 2 aromatic carbocycles. The molecule has 0 aliphatic heterocycles. The summed E-state index contributed by atoms with van der Waals surface area (Å²) < 4.78 is 5.29. The van der Waals surface area contributed by atoms with Gasteiger partial charge < -0.3 is 9.72 Å². The van der Waals surface area contributed by atoms with E-state index in [1.165, 1.54) is 0 Å². The Hall–Kier alpha value is -2.99. The number of fused-ring (bicyclic) bond motifs is 1. The van der Waals surface area contributed by atoms with Gasteiger partial charge in [-0.2, -0.15) is 0 Å². The van der Waals surface area contributed by atoms with E-state index in [1.807, 2.05) is 24.3 Å². The number of nitrogens with one attached hydrogen (secondary N) is 3. The van der Waals surface area contributed by atoms with Crippen LogP contribution < -0.4 is 15.6 Å². The highest BCUT2D eigenvalue weighted by Crippen LogP contribution is 2.17. The maximum atomic E-state index is 12.1. The molecule has 6 nitrogen and oxygen atoms in total. The average molecular weight is 344 g/mol. The lowest BCUT2D eigenvalue weighted by Gasteiger charge is -2.08. The largest absolute Gasteiger partial charge is 0.484 e. The highest BCUT2D eigenvalue weighted by Gasteiger charge is 2.12. The number of hydrazine groups is 1. The third-order valence-corrected chi connectivity index (χ3v) is 3.58. The van der Waals surface area contributed by atoms with Crippen LogP contribution in [0.15, 0.2) is 54.7 Å². The molecule has 24 heavy (non-hydrogen) atoms. The third-order valence-electron chi connectivity index (χ3n) is 3.33. The average Bonchev–Trinajstić information content (AvgIpc) is 3.03. The molecule has 7 heteroatoms. The SMILES string of the molecule is O=C(COc1ccc(Cl)cc1)NNC(=O)c1c[nH]c2ccccc12. The number of hydrogen-bond donors (Lipinski definition) is 3. The zero-order valence-electron chi connectivity index (χ0n) is 12.5. The van der Waals surface area contributed by atoms with Crippen molar-refractivity contribution in [2.24, 2.45) is 0 Å². The van der Waals surface area contributed by atoms with Crippen LogP contribution in [0.4, 0.5) is 0 Å². The van der Waals surface area contributed by atoms with E-state index in [9.17, 15) is 9.59 Å². The maximum absolute atomic E-state index is 12.1. The Balaban J connectivity index is 1.52. The quantitative estimate of drug-likeness (QED) is 0.637. The smallest absolute Gasteiger partial charge is 0.276 e. The second-order valence-electron chi connectivity index (χ2n) is 4.99. The van der Waals surface area contributed by atoms with Gasteiger partial charge >= 0.3 is 0 Å². The molecule has 0 spiro atoms. The minimum atomic E-state index is -0.474. The van der Waals surface area contributed by atoms with E-state index < -0.39 is 11.8 Å². The number of ether oxygens (including phenoxy) is 1. The fraction of sp³-hybridized carbons (Fsp3) is 0.0588. The van der Waals surface area contributed by atoms with Gasteiger partial charge in [-0.3, -0.25) is 20.4 Å². The molecule has 0 saturated heterocycles. The lowest BCUT2D eigenvalue weighted by molar-refractivity contribution is -0.123. The minimum absolute atomic E-state index is 0.226. The number of rotatable bonds is 4. The third kappa shape index (κ3) is 3.67. The predicted molar refractivity (Wildman–Crippen MR) is 90.9 cm³/mol. The standard InChI is InChI=1S/C17H14ClN3O3/c18-11-5-7-12(8-6-11)24-10-16(22)20-21-17(23)14-9-19-15-4-2-1-3-13(14)15/h1-9,19H,10H2,(H,20,22)(H,21,23). The van der Waals surface area contributed by atoms with Gasteiger partial charge in [-0.15, -0.1) is 0 Å². The number of halogens is 1. The van der Waals surface area contributed by atoms with Gasteiger partial charge in [-0.25, -0.2) is 0 Å². The van der Waals surface area contributed by atoms with Gasteiger partial charge in [-0.05, 0) is 30.3 Å². The summed E-state index contributed by atoms with van der Waals surface area (Å²) in [6.07, 6.45) is 1.59. The Kier molecular flexibility index (Phi) is 4.67. The van der Waals surface area contributed by atoms with E-state index in [4.69, 9.17) is 16.3 Å². The molecule has 0 atom stereocenters. The van der Waals surface area contributed by atoms with E-state index in [0.29, 0.717) is 16.3 Å². The number of para-hydroxylation sites is 1. The van der Waals surface area contributed by atoms with Crippen LogP contribution in [-0.4, -0.2) is 23.4 Å². The van der Waals surface area contributed by atoms with Crippen molar-refractivity contribution in [3.8, 4) is 5.75 Å². The van der Waals surface area contributed by atoms with Crippen molar-refractivity contribution in [1.29, 1.82) is 0 Å². The highest BCUT2D eigenvalue weighted by molar-refractivity contribution is 6.30.